The molecule has 1 saturated heterocycles. The summed E-state index contributed by atoms with van der Waals surface area (Å²) in [6.45, 7) is 0.152. The molecule has 0 aliphatic carbocycles. The summed E-state index contributed by atoms with van der Waals surface area (Å²) < 4.78 is 1.36. The van der Waals surface area contributed by atoms with E-state index in [0.717, 1.165) is 5.56 Å². The van der Waals surface area contributed by atoms with Gasteiger partial charge < -0.3 is 25.2 Å². The highest BCUT2D eigenvalue weighted by atomic mass is 35.5. The number of anilines is 2. The number of nitrogens with zero attached hydrogens (tertiary/aromatic N) is 6. The number of H-pyrrole nitrogens is 1. The minimum Gasteiger partial charge on any atom is -0.477 e. The molecule has 0 bridgehead atoms. The van der Waals surface area contributed by atoms with E-state index in [1.807, 2.05) is 30.3 Å². The number of fused-ring (bicyclic) bond motifs is 1. The van der Waals surface area contributed by atoms with Crippen LogP contribution in [0.3, 0.4) is 0 Å². The van der Waals surface area contributed by atoms with Gasteiger partial charge in [0.1, 0.15) is 18.1 Å². The lowest BCUT2D eigenvalue weighted by Crippen LogP contribution is -2.60. The Kier molecular flexibility index (Phi) is 7.30. The molecular weight excluding hydrogens is 576 g/mol. The fourth-order valence-corrected chi connectivity index (χ4v) is 5.25. The maximum absolute atomic E-state index is 13.7. The number of rotatable bonds is 8. The summed E-state index contributed by atoms with van der Waals surface area (Å²) in [4.78, 5) is 57.7. The van der Waals surface area contributed by atoms with E-state index in [0.29, 0.717) is 33.0 Å². The molecule has 3 aromatic carbocycles. The van der Waals surface area contributed by atoms with Crippen molar-refractivity contribution in [3.8, 4) is 5.69 Å². The van der Waals surface area contributed by atoms with Crippen molar-refractivity contribution in [1.82, 2.24) is 30.1 Å². The summed E-state index contributed by atoms with van der Waals surface area (Å²) in [6, 6.07) is 19.4. The highest BCUT2D eigenvalue weighted by Gasteiger charge is 2.40. The zero-order valence-electron chi connectivity index (χ0n) is 22.3. The Morgan fingerprint density at radius 1 is 0.977 bits per heavy atom. The van der Waals surface area contributed by atoms with Gasteiger partial charge >= 0.3 is 17.8 Å². The normalized spacial score (nSPS) is 14.3. The van der Waals surface area contributed by atoms with E-state index >= 15 is 0 Å². The zero-order chi connectivity index (χ0) is 30.1. The molecule has 216 valence electrons. The molecule has 1 aliphatic heterocycles. The van der Waals surface area contributed by atoms with Crippen molar-refractivity contribution in [3.05, 3.63) is 95.4 Å². The van der Waals surface area contributed by atoms with Crippen LogP contribution in [-0.4, -0.2) is 78.0 Å². The van der Waals surface area contributed by atoms with Crippen molar-refractivity contribution in [1.29, 1.82) is 0 Å². The number of carbonyl (C=O) groups excluding carboxylic acids is 3. The Bertz CT molecular complexity index is 1860. The van der Waals surface area contributed by atoms with Crippen LogP contribution in [0.5, 0.6) is 0 Å². The van der Waals surface area contributed by atoms with E-state index < -0.39 is 29.7 Å². The number of tetrazole rings is 1. The zero-order valence-corrected chi connectivity index (χ0v) is 23.1. The van der Waals surface area contributed by atoms with Crippen LogP contribution >= 0.6 is 11.6 Å². The number of aromatic amines is 1. The number of amides is 3. The van der Waals surface area contributed by atoms with Crippen molar-refractivity contribution in [3.63, 3.8) is 0 Å². The van der Waals surface area contributed by atoms with Crippen molar-refractivity contribution < 1.29 is 24.3 Å². The number of benzene rings is 3. The molecule has 1 aliphatic rings. The second-order valence-electron chi connectivity index (χ2n) is 9.83. The molecule has 6 rings (SSSR count). The number of hydrogen-bond donors (Lipinski definition) is 3. The molecule has 3 N–H and O–H groups in total. The molecule has 14 heteroatoms. The Balaban J connectivity index is 1.28. The average Bonchev–Trinajstić information content (AvgIpc) is 3.69. The Labute approximate surface area is 248 Å². The van der Waals surface area contributed by atoms with Crippen LogP contribution in [-0.2, 0) is 20.8 Å². The molecular formula is C29H23ClN8O5. The number of halogens is 1. The molecule has 3 amide bonds. The standard InChI is InChI=1S/C29H23ClN8O5/c30-19-7-9-23(38-16-31-34-35-38)24(14-19)36-10-11-37(28(41)27(36)40)25(12-17-4-2-1-3-5-17)26(39)32-20-8-6-18-13-22(29(42)43)33-21(18)15-20/h1-9,13-16,25,33H,10-12H2,(H,32,39)(H,42,43)/t25-/m0/s1. The van der Waals surface area contributed by atoms with Crippen LogP contribution in [0.4, 0.5) is 11.4 Å². The van der Waals surface area contributed by atoms with Crippen molar-refractivity contribution in [2.75, 3.05) is 23.3 Å². The molecule has 1 atom stereocenters. The first-order chi connectivity index (χ1) is 20.8. The van der Waals surface area contributed by atoms with Gasteiger partial charge in [-0.3, -0.25) is 14.4 Å². The van der Waals surface area contributed by atoms with Gasteiger partial charge in [0.15, 0.2) is 0 Å². The molecule has 2 aromatic heterocycles. The number of carboxylic acid groups (broad SMARTS) is 1. The molecule has 5 aromatic rings. The van der Waals surface area contributed by atoms with E-state index in [-0.39, 0.29) is 25.2 Å². The minimum atomic E-state index is -1.10. The van der Waals surface area contributed by atoms with E-state index in [1.54, 1.807) is 36.4 Å². The molecule has 0 unspecified atom stereocenters. The second-order valence-corrected chi connectivity index (χ2v) is 10.3. The molecule has 1 fully saturated rings. The van der Waals surface area contributed by atoms with Crippen LogP contribution in [0.1, 0.15) is 16.1 Å². The number of aromatic carboxylic acids is 1. The number of carbonyl (C=O) groups is 4. The third-order valence-electron chi connectivity index (χ3n) is 7.15. The minimum absolute atomic E-state index is 0.0188. The summed E-state index contributed by atoms with van der Waals surface area (Å²) in [5.41, 5.74) is 2.54. The van der Waals surface area contributed by atoms with Crippen LogP contribution in [0.15, 0.2) is 79.1 Å². The number of aromatic nitrogens is 5. The summed E-state index contributed by atoms with van der Waals surface area (Å²) in [5.74, 6) is -3.28. The van der Waals surface area contributed by atoms with Gasteiger partial charge in [-0.25, -0.2) is 4.79 Å². The van der Waals surface area contributed by atoms with E-state index in [9.17, 15) is 24.3 Å². The fourth-order valence-electron chi connectivity index (χ4n) is 5.08. The summed E-state index contributed by atoms with van der Waals surface area (Å²) in [7, 11) is 0. The smallest absolute Gasteiger partial charge is 0.352 e. The average molecular weight is 599 g/mol. The van der Waals surface area contributed by atoms with Gasteiger partial charge in [0.05, 0.1) is 11.4 Å². The van der Waals surface area contributed by atoms with Crippen LogP contribution in [0, 0.1) is 0 Å². The first-order valence-corrected chi connectivity index (χ1v) is 13.5. The van der Waals surface area contributed by atoms with Gasteiger partial charge in [-0.2, -0.15) is 4.68 Å². The van der Waals surface area contributed by atoms with Crippen molar-refractivity contribution >= 4 is 57.6 Å². The number of piperazine rings is 1. The molecule has 13 nitrogen and oxygen atoms in total. The highest BCUT2D eigenvalue weighted by Crippen LogP contribution is 2.30. The second kappa shape index (κ2) is 11.4. The third-order valence-corrected chi connectivity index (χ3v) is 7.38. The topological polar surface area (TPSA) is 166 Å². The third kappa shape index (κ3) is 5.53. The SMILES string of the molecule is O=C(O)c1cc2ccc(NC(=O)[C@H](Cc3ccccc3)N3CCN(c4cc(Cl)ccc4-n4cnnn4)C(=O)C3=O)cc2[nH]1. The lowest BCUT2D eigenvalue weighted by molar-refractivity contribution is -0.149. The molecule has 0 spiro atoms. The van der Waals surface area contributed by atoms with E-state index in [2.05, 4.69) is 25.8 Å². The lowest BCUT2D eigenvalue weighted by atomic mass is 10.0. The van der Waals surface area contributed by atoms with E-state index in [4.69, 9.17) is 11.6 Å². The number of hydrogen-bond acceptors (Lipinski definition) is 7. The molecule has 0 saturated carbocycles. The van der Waals surface area contributed by atoms with Crippen LogP contribution < -0.4 is 10.2 Å². The Morgan fingerprint density at radius 2 is 1.79 bits per heavy atom. The fraction of sp³-hybridized carbons (Fsp3) is 0.138. The predicted molar refractivity (Wildman–Crippen MR) is 156 cm³/mol. The Hall–Kier alpha value is -5.56. The van der Waals surface area contributed by atoms with E-state index in [1.165, 1.54) is 26.9 Å². The molecule has 3 heterocycles. The predicted octanol–water partition coefficient (Wildman–Crippen LogP) is 2.92. The first kappa shape index (κ1) is 27.6. The molecule has 43 heavy (non-hydrogen) atoms. The van der Waals surface area contributed by atoms with Crippen molar-refractivity contribution in [2.24, 2.45) is 0 Å². The monoisotopic (exact) mass is 598 g/mol. The van der Waals surface area contributed by atoms with Gasteiger partial charge in [0.2, 0.25) is 5.91 Å². The summed E-state index contributed by atoms with van der Waals surface area (Å²) in [6.07, 6.45) is 1.52. The van der Waals surface area contributed by atoms with Gasteiger partial charge in [0, 0.05) is 41.1 Å². The van der Waals surface area contributed by atoms with Gasteiger partial charge in [0.25, 0.3) is 0 Å². The number of carboxylic acids is 1. The van der Waals surface area contributed by atoms with Crippen LogP contribution in [0.25, 0.3) is 16.6 Å². The lowest BCUT2D eigenvalue weighted by Gasteiger charge is -2.38. The quantitative estimate of drug-likeness (QED) is 0.229. The first-order valence-electron chi connectivity index (χ1n) is 13.1. The maximum Gasteiger partial charge on any atom is 0.352 e. The largest absolute Gasteiger partial charge is 0.477 e. The maximum atomic E-state index is 13.7. The molecule has 0 radical (unpaired) electrons. The van der Waals surface area contributed by atoms with Gasteiger partial charge in [-0.15, -0.1) is 5.10 Å². The highest BCUT2D eigenvalue weighted by molar-refractivity contribution is 6.41. The Morgan fingerprint density at radius 3 is 2.53 bits per heavy atom. The van der Waals surface area contributed by atoms with Gasteiger partial charge in [-0.1, -0.05) is 48.0 Å². The van der Waals surface area contributed by atoms with Gasteiger partial charge in [-0.05, 0) is 52.4 Å². The summed E-state index contributed by atoms with van der Waals surface area (Å²) in [5, 5.41) is 24.3. The number of nitrogens with one attached hydrogen (secondary N) is 2. The summed E-state index contributed by atoms with van der Waals surface area (Å²) >= 11 is 6.24. The van der Waals surface area contributed by atoms with Crippen LogP contribution in [0.2, 0.25) is 5.02 Å². The van der Waals surface area contributed by atoms with Crippen molar-refractivity contribution in [2.45, 2.75) is 12.5 Å².